The summed E-state index contributed by atoms with van der Waals surface area (Å²) in [5, 5.41) is 2.83. The molecule has 2 aromatic rings. The van der Waals surface area contributed by atoms with Crippen molar-refractivity contribution in [2.45, 2.75) is 19.8 Å². The maximum absolute atomic E-state index is 12.0. The van der Waals surface area contributed by atoms with Crippen LogP contribution in [-0.4, -0.2) is 18.4 Å². The normalized spacial score (nSPS) is 10.1. The van der Waals surface area contributed by atoms with E-state index in [2.05, 4.69) is 11.4 Å². The number of aryl methyl sites for hydroxylation is 2. The Morgan fingerprint density at radius 3 is 2.52 bits per heavy atom. The fraction of sp³-hybridized carbons (Fsp3) is 0.222. The van der Waals surface area contributed by atoms with Crippen molar-refractivity contribution in [2.75, 3.05) is 11.9 Å². The summed E-state index contributed by atoms with van der Waals surface area (Å²) in [4.78, 5) is 22.6. The first kappa shape index (κ1) is 16.5. The average molecular weight is 312 g/mol. The highest BCUT2D eigenvalue weighted by Crippen LogP contribution is 2.16. The molecule has 0 bridgehead atoms. The van der Waals surface area contributed by atoms with Crippen LogP contribution >= 0.6 is 0 Å². The molecular weight excluding hydrogens is 292 g/mol. The van der Waals surface area contributed by atoms with Crippen molar-refractivity contribution in [3.05, 3.63) is 59.7 Å². The summed E-state index contributed by atoms with van der Waals surface area (Å²) in [5.74, 6) is -0.0441. The number of hydrogen-bond donors (Lipinski definition) is 2. The van der Waals surface area contributed by atoms with Crippen LogP contribution in [0.5, 0.6) is 5.75 Å². The first-order valence-corrected chi connectivity index (χ1v) is 7.39. The molecule has 0 aromatic heterocycles. The van der Waals surface area contributed by atoms with E-state index in [9.17, 15) is 9.59 Å². The lowest BCUT2D eigenvalue weighted by Gasteiger charge is -2.07. The van der Waals surface area contributed by atoms with Gasteiger partial charge in [0.1, 0.15) is 5.75 Å². The zero-order chi connectivity index (χ0) is 16.7. The van der Waals surface area contributed by atoms with Crippen LogP contribution in [0.25, 0.3) is 0 Å². The highest BCUT2D eigenvalue weighted by molar-refractivity contribution is 5.90. The van der Waals surface area contributed by atoms with Crippen molar-refractivity contribution >= 4 is 17.5 Å². The molecule has 3 N–H and O–H groups in total. The second kappa shape index (κ2) is 7.98. The predicted octanol–water partition coefficient (Wildman–Crippen LogP) is 2.43. The number of rotatable bonds is 7. The summed E-state index contributed by atoms with van der Waals surface area (Å²) in [6, 6.07) is 14.9. The molecular formula is C18H20N2O3. The van der Waals surface area contributed by atoms with Gasteiger partial charge in [0.25, 0.3) is 5.91 Å². The molecule has 0 aliphatic rings. The quantitative estimate of drug-likeness (QED) is 0.824. The van der Waals surface area contributed by atoms with Crippen LogP contribution in [0.1, 0.15) is 17.5 Å². The Morgan fingerprint density at radius 2 is 1.87 bits per heavy atom. The highest BCUT2D eigenvalue weighted by Gasteiger charge is 2.04. The molecule has 2 amide bonds. The van der Waals surface area contributed by atoms with Crippen molar-refractivity contribution in [3.8, 4) is 5.75 Å². The number of anilines is 1. The van der Waals surface area contributed by atoms with Crippen LogP contribution in [0.4, 0.5) is 5.69 Å². The Morgan fingerprint density at radius 1 is 1.13 bits per heavy atom. The summed E-state index contributed by atoms with van der Waals surface area (Å²) in [7, 11) is 0. The monoisotopic (exact) mass is 312 g/mol. The summed E-state index contributed by atoms with van der Waals surface area (Å²) < 4.78 is 5.16. The van der Waals surface area contributed by atoms with Gasteiger partial charge >= 0.3 is 0 Å². The Labute approximate surface area is 135 Å². The number of nitrogens with one attached hydrogen (secondary N) is 1. The molecule has 0 unspecified atom stereocenters. The number of amides is 2. The Kier molecular flexibility index (Phi) is 5.74. The predicted molar refractivity (Wildman–Crippen MR) is 89.3 cm³/mol. The van der Waals surface area contributed by atoms with Gasteiger partial charge < -0.3 is 15.8 Å². The molecule has 2 rings (SSSR count). The second-order valence-electron chi connectivity index (χ2n) is 5.32. The minimum atomic E-state index is -0.529. The van der Waals surface area contributed by atoms with Gasteiger partial charge in [0.05, 0.1) is 0 Å². The van der Waals surface area contributed by atoms with Crippen molar-refractivity contribution in [1.29, 1.82) is 0 Å². The maximum atomic E-state index is 12.0. The van der Waals surface area contributed by atoms with E-state index in [1.807, 2.05) is 25.1 Å². The van der Waals surface area contributed by atoms with Gasteiger partial charge in [-0.15, -0.1) is 0 Å². The molecule has 0 saturated carbocycles. The smallest absolute Gasteiger partial charge is 0.255 e. The van der Waals surface area contributed by atoms with Gasteiger partial charge in [-0.3, -0.25) is 9.59 Å². The first-order chi connectivity index (χ1) is 11.0. The summed E-state index contributed by atoms with van der Waals surface area (Å²) in [6.45, 7) is 1.87. The minimum absolute atomic E-state index is 0.0442. The van der Waals surface area contributed by atoms with Crippen LogP contribution in [0.15, 0.2) is 48.5 Å². The van der Waals surface area contributed by atoms with Gasteiger partial charge in [-0.1, -0.05) is 29.8 Å². The van der Waals surface area contributed by atoms with E-state index in [1.54, 1.807) is 24.3 Å². The van der Waals surface area contributed by atoms with Gasteiger partial charge in [-0.05, 0) is 43.2 Å². The molecule has 5 heteroatoms. The third kappa shape index (κ3) is 5.82. The van der Waals surface area contributed by atoms with E-state index in [0.29, 0.717) is 24.3 Å². The van der Waals surface area contributed by atoms with Gasteiger partial charge in [-0.25, -0.2) is 0 Å². The number of carbonyl (C=O) groups is 2. The molecule has 0 aliphatic heterocycles. The van der Waals surface area contributed by atoms with E-state index < -0.39 is 5.91 Å². The Balaban J connectivity index is 1.81. The lowest BCUT2D eigenvalue weighted by molar-refractivity contribution is -0.120. The molecule has 120 valence electrons. The number of primary amides is 1. The standard InChI is InChI=1S/C18H20N2O3/c1-13-3-2-4-14(11-13)5-10-18(22)20-15-6-8-16(9-7-15)23-12-17(19)21/h2-4,6-9,11H,5,10,12H2,1H3,(H2,19,21)(H,20,22). The van der Waals surface area contributed by atoms with Crippen LogP contribution in [0, 0.1) is 6.92 Å². The van der Waals surface area contributed by atoms with Gasteiger partial charge in [0.2, 0.25) is 5.91 Å². The third-order valence-electron chi connectivity index (χ3n) is 3.24. The molecule has 0 fully saturated rings. The molecule has 0 aliphatic carbocycles. The molecule has 2 aromatic carbocycles. The van der Waals surface area contributed by atoms with Crippen molar-refractivity contribution in [3.63, 3.8) is 0 Å². The van der Waals surface area contributed by atoms with Crippen molar-refractivity contribution in [2.24, 2.45) is 5.73 Å². The number of hydrogen-bond acceptors (Lipinski definition) is 3. The van der Waals surface area contributed by atoms with Gasteiger partial charge in [0.15, 0.2) is 6.61 Å². The van der Waals surface area contributed by atoms with E-state index in [0.717, 1.165) is 5.56 Å². The lowest BCUT2D eigenvalue weighted by Crippen LogP contribution is -2.20. The molecule has 0 saturated heterocycles. The maximum Gasteiger partial charge on any atom is 0.255 e. The number of nitrogens with two attached hydrogens (primary N) is 1. The fourth-order valence-corrected chi connectivity index (χ4v) is 2.14. The van der Waals surface area contributed by atoms with E-state index >= 15 is 0 Å². The van der Waals surface area contributed by atoms with Gasteiger partial charge in [-0.2, -0.15) is 0 Å². The molecule has 0 radical (unpaired) electrons. The van der Waals surface area contributed by atoms with E-state index in [1.165, 1.54) is 5.56 Å². The fourth-order valence-electron chi connectivity index (χ4n) is 2.14. The van der Waals surface area contributed by atoms with E-state index in [4.69, 9.17) is 10.5 Å². The first-order valence-electron chi connectivity index (χ1n) is 7.39. The van der Waals surface area contributed by atoms with Crippen LogP contribution < -0.4 is 15.8 Å². The molecule has 0 spiro atoms. The van der Waals surface area contributed by atoms with E-state index in [-0.39, 0.29) is 12.5 Å². The summed E-state index contributed by atoms with van der Waals surface area (Å²) in [6.07, 6.45) is 1.12. The molecule has 0 heterocycles. The average Bonchev–Trinajstić information content (AvgIpc) is 2.52. The SMILES string of the molecule is Cc1cccc(CCC(=O)Nc2ccc(OCC(N)=O)cc2)c1. The van der Waals surface area contributed by atoms with Crippen molar-refractivity contribution < 1.29 is 14.3 Å². The van der Waals surface area contributed by atoms with Crippen LogP contribution in [0.2, 0.25) is 0 Å². The van der Waals surface area contributed by atoms with Crippen LogP contribution in [-0.2, 0) is 16.0 Å². The summed E-state index contributed by atoms with van der Waals surface area (Å²) in [5.41, 5.74) is 8.03. The zero-order valence-electron chi connectivity index (χ0n) is 13.0. The second-order valence-corrected chi connectivity index (χ2v) is 5.32. The molecule has 5 nitrogen and oxygen atoms in total. The zero-order valence-corrected chi connectivity index (χ0v) is 13.0. The highest BCUT2D eigenvalue weighted by atomic mass is 16.5. The number of ether oxygens (including phenoxy) is 1. The largest absolute Gasteiger partial charge is 0.484 e. The number of carbonyl (C=O) groups excluding carboxylic acids is 2. The van der Waals surface area contributed by atoms with Crippen molar-refractivity contribution in [1.82, 2.24) is 0 Å². The Bertz CT molecular complexity index is 681. The van der Waals surface area contributed by atoms with Crippen LogP contribution in [0.3, 0.4) is 0 Å². The minimum Gasteiger partial charge on any atom is -0.484 e. The van der Waals surface area contributed by atoms with Gasteiger partial charge in [0, 0.05) is 12.1 Å². The topological polar surface area (TPSA) is 81.4 Å². The summed E-state index contributed by atoms with van der Waals surface area (Å²) >= 11 is 0. The lowest BCUT2D eigenvalue weighted by atomic mass is 10.1. The molecule has 0 atom stereocenters. The number of benzene rings is 2. The Hall–Kier alpha value is -2.82. The molecule has 23 heavy (non-hydrogen) atoms. The third-order valence-corrected chi connectivity index (χ3v) is 3.24.